The van der Waals surface area contributed by atoms with Crippen LogP contribution in [0.4, 0.5) is 0 Å². The Balaban J connectivity index is 1.24. The third-order valence-corrected chi connectivity index (χ3v) is 4.29. The van der Waals surface area contributed by atoms with Crippen LogP contribution in [0.15, 0.2) is 83.3 Å². The molecule has 8 nitrogen and oxygen atoms in total. The zero-order valence-electron chi connectivity index (χ0n) is 16.5. The summed E-state index contributed by atoms with van der Waals surface area (Å²) in [5.41, 5.74) is 3.53. The summed E-state index contributed by atoms with van der Waals surface area (Å²) in [7, 11) is 0. The fraction of sp³-hybridized carbons (Fsp3) is 0.182. The Morgan fingerprint density at radius 1 is 0.667 bits per heavy atom. The molecule has 0 saturated heterocycles. The first-order valence-corrected chi connectivity index (χ1v) is 9.71. The van der Waals surface area contributed by atoms with Crippen molar-refractivity contribution in [1.29, 1.82) is 0 Å². The smallest absolute Gasteiger partial charge is 0.103 e. The van der Waals surface area contributed by atoms with Gasteiger partial charge in [0, 0.05) is 37.2 Å². The van der Waals surface area contributed by atoms with Gasteiger partial charge in [0.25, 0.3) is 0 Å². The number of hydrogen-bond acceptors (Lipinski definition) is 6. The van der Waals surface area contributed by atoms with Crippen molar-refractivity contribution in [3.63, 3.8) is 0 Å². The van der Waals surface area contributed by atoms with E-state index in [9.17, 15) is 0 Å². The zero-order chi connectivity index (χ0) is 20.4. The summed E-state index contributed by atoms with van der Waals surface area (Å²) in [5, 5.41) is 9.04. The highest BCUT2D eigenvalue weighted by Crippen LogP contribution is 2.00. The van der Waals surface area contributed by atoms with Gasteiger partial charge in [0.15, 0.2) is 0 Å². The van der Waals surface area contributed by atoms with Crippen LogP contribution in [0, 0.1) is 0 Å². The highest BCUT2D eigenvalue weighted by molar-refractivity contribution is 5.77. The van der Waals surface area contributed by atoms with Gasteiger partial charge in [0.1, 0.15) is 11.4 Å². The molecule has 0 N–H and O–H groups in total. The molecular weight excluding hydrogens is 376 g/mol. The minimum atomic E-state index is 0.547. The van der Waals surface area contributed by atoms with Crippen LogP contribution in [0.1, 0.15) is 22.8 Å². The summed E-state index contributed by atoms with van der Waals surface area (Å²) in [4.78, 5) is 17.3. The van der Waals surface area contributed by atoms with Crippen molar-refractivity contribution >= 4 is 12.4 Å². The molecule has 0 saturated carbocycles. The van der Waals surface area contributed by atoms with Gasteiger partial charge in [-0.1, -0.05) is 12.1 Å². The van der Waals surface area contributed by atoms with Gasteiger partial charge in [-0.15, -0.1) is 0 Å². The lowest BCUT2D eigenvalue weighted by Crippen LogP contribution is -2.09. The topological polar surface area (TPSA) is 86.1 Å². The van der Waals surface area contributed by atoms with Crippen molar-refractivity contribution in [2.75, 3.05) is 0 Å². The number of aromatic nitrogens is 6. The van der Waals surface area contributed by atoms with Crippen LogP contribution in [0.3, 0.4) is 0 Å². The number of aryl methyl sites for hydroxylation is 2. The monoisotopic (exact) mass is 398 g/mol. The molecule has 0 aliphatic rings. The maximum Gasteiger partial charge on any atom is 0.103 e. The predicted molar refractivity (Wildman–Crippen MR) is 116 cm³/mol. The van der Waals surface area contributed by atoms with Crippen LogP contribution in [-0.4, -0.2) is 42.0 Å². The molecule has 0 fully saturated rings. The summed E-state index contributed by atoms with van der Waals surface area (Å²) in [6, 6.07) is 15.5. The molecule has 4 aromatic rings. The molecule has 0 spiro atoms. The van der Waals surface area contributed by atoms with Crippen molar-refractivity contribution in [2.24, 2.45) is 9.98 Å². The molecule has 8 heteroatoms. The van der Waals surface area contributed by atoms with Crippen LogP contribution in [0.2, 0.25) is 0 Å². The molecule has 4 rings (SSSR count). The van der Waals surface area contributed by atoms with Crippen molar-refractivity contribution < 1.29 is 0 Å². The van der Waals surface area contributed by atoms with Crippen molar-refractivity contribution in [2.45, 2.75) is 26.2 Å². The van der Waals surface area contributed by atoms with Crippen LogP contribution in [-0.2, 0) is 26.2 Å². The number of aliphatic imine (C=N–C) groups is 2. The summed E-state index contributed by atoms with van der Waals surface area (Å²) in [6.45, 7) is 2.54. The second kappa shape index (κ2) is 10.0. The van der Waals surface area contributed by atoms with Gasteiger partial charge in [0.2, 0.25) is 0 Å². The molecule has 0 aliphatic heterocycles. The van der Waals surface area contributed by atoms with Gasteiger partial charge < -0.3 is 0 Å². The first-order chi connectivity index (χ1) is 14.8. The molecule has 0 unspecified atom stereocenters. The van der Waals surface area contributed by atoms with E-state index in [1.807, 2.05) is 70.3 Å². The molecule has 4 aromatic heterocycles. The molecule has 0 amide bonds. The fourth-order valence-electron chi connectivity index (χ4n) is 2.80. The van der Waals surface area contributed by atoms with Crippen LogP contribution < -0.4 is 0 Å². The lowest BCUT2D eigenvalue weighted by Gasteiger charge is -2.01. The lowest BCUT2D eigenvalue weighted by molar-refractivity contribution is 0.499. The minimum Gasteiger partial charge on any atom is -0.284 e. The van der Waals surface area contributed by atoms with Gasteiger partial charge in [-0.2, -0.15) is 10.2 Å². The summed E-state index contributed by atoms with van der Waals surface area (Å²) in [6.07, 6.45) is 11.0. The third-order valence-electron chi connectivity index (χ3n) is 4.29. The van der Waals surface area contributed by atoms with E-state index in [1.54, 1.807) is 24.8 Å². The Morgan fingerprint density at radius 2 is 1.17 bits per heavy atom. The Kier molecular flexibility index (Phi) is 6.47. The molecule has 0 radical (unpaired) electrons. The van der Waals surface area contributed by atoms with Crippen LogP contribution >= 0.6 is 0 Å². The van der Waals surface area contributed by atoms with E-state index < -0.39 is 0 Å². The Hall–Kier alpha value is -3.94. The Bertz CT molecular complexity index is 1010. The molecule has 30 heavy (non-hydrogen) atoms. The fourth-order valence-corrected chi connectivity index (χ4v) is 2.80. The number of pyridine rings is 2. The number of rotatable bonds is 9. The maximum atomic E-state index is 4.52. The summed E-state index contributed by atoms with van der Waals surface area (Å²) in [5.74, 6) is 0. The normalized spacial score (nSPS) is 11.6. The van der Waals surface area contributed by atoms with E-state index in [2.05, 4.69) is 30.2 Å². The molecular formula is C22H22N8. The van der Waals surface area contributed by atoms with E-state index in [0.29, 0.717) is 13.1 Å². The van der Waals surface area contributed by atoms with Crippen LogP contribution in [0.25, 0.3) is 0 Å². The highest BCUT2D eigenvalue weighted by Gasteiger charge is 2.00. The minimum absolute atomic E-state index is 0.547. The SMILES string of the molecule is C(=NCc1ccccn1)c1ccn(CCn2ccc(C=NCc3ccccn3)n2)n1. The molecule has 0 aromatic carbocycles. The van der Waals surface area contributed by atoms with Crippen molar-refractivity contribution in [3.8, 4) is 0 Å². The van der Waals surface area contributed by atoms with Gasteiger partial charge in [-0.25, -0.2) is 0 Å². The largest absolute Gasteiger partial charge is 0.284 e. The van der Waals surface area contributed by atoms with Gasteiger partial charge in [-0.05, 0) is 36.4 Å². The van der Waals surface area contributed by atoms with Crippen molar-refractivity contribution in [3.05, 3.63) is 96.1 Å². The van der Waals surface area contributed by atoms with E-state index in [0.717, 1.165) is 35.9 Å². The standard InChI is InChI=1S/C22H22N8/c1-3-9-25-19(5-1)15-23-17-21-7-11-29(27-21)13-14-30-12-8-22(28-30)18-24-16-20-6-2-4-10-26-20/h1-12,17-18H,13-16H2. The molecule has 150 valence electrons. The van der Waals surface area contributed by atoms with Crippen LogP contribution in [0.5, 0.6) is 0 Å². The van der Waals surface area contributed by atoms with E-state index in [4.69, 9.17) is 0 Å². The Morgan fingerprint density at radius 3 is 1.60 bits per heavy atom. The second-order valence-electron chi connectivity index (χ2n) is 6.59. The van der Waals surface area contributed by atoms with Gasteiger partial charge >= 0.3 is 0 Å². The first kappa shape index (κ1) is 19.4. The average Bonchev–Trinajstić information content (AvgIpc) is 3.43. The Labute approximate surface area is 174 Å². The quantitative estimate of drug-likeness (QED) is 0.406. The number of hydrogen-bond donors (Lipinski definition) is 0. The maximum absolute atomic E-state index is 4.52. The average molecular weight is 398 g/mol. The van der Waals surface area contributed by atoms with E-state index in [1.165, 1.54) is 0 Å². The molecule has 0 bridgehead atoms. The molecule has 0 aliphatic carbocycles. The van der Waals surface area contributed by atoms with E-state index >= 15 is 0 Å². The zero-order valence-corrected chi connectivity index (χ0v) is 16.5. The predicted octanol–water partition coefficient (Wildman–Crippen LogP) is 2.81. The molecule has 4 heterocycles. The third kappa shape index (κ3) is 5.78. The molecule has 0 atom stereocenters. The summed E-state index contributed by atoms with van der Waals surface area (Å²) >= 11 is 0. The highest BCUT2D eigenvalue weighted by atomic mass is 15.3. The van der Waals surface area contributed by atoms with Gasteiger partial charge in [0.05, 0.1) is 37.6 Å². The van der Waals surface area contributed by atoms with Crippen molar-refractivity contribution in [1.82, 2.24) is 29.5 Å². The lowest BCUT2D eigenvalue weighted by atomic mass is 10.3. The van der Waals surface area contributed by atoms with E-state index in [-0.39, 0.29) is 0 Å². The second-order valence-corrected chi connectivity index (χ2v) is 6.59. The number of nitrogens with zero attached hydrogens (tertiary/aromatic N) is 8. The first-order valence-electron chi connectivity index (χ1n) is 9.71. The summed E-state index contributed by atoms with van der Waals surface area (Å²) < 4.78 is 3.78. The van der Waals surface area contributed by atoms with Gasteiger partial charge in [-0.3, -0.25) is 29.3 Å².